The molecule has 0 radical (unpaired) electrons. The summed E-state index contributed by atoms with van der Waals surface area (Å²) >= 11 is 6.71. The van der Waals surface area contributed by atoms with Gasteiger partial charge < -0.3 is 5.32 Å². The van der Waals surface area contributed by atoms with Gasteiger partial charge in [0, 0.05) is 23.2 Å². The van der Waals surface area contributed by atoms with Crippen LogP contribution in [0, 0.1) is 18.3 Å². The van der Waals surface area contributed by atoms with Crippen molar-refractivity contribution in [1.82, 2.24) is 14.5 Å². The van der Waals surface area contributed by atoms with Crippen LogP contribution in [0.15, 0.2) is 54.6 Å². The monoisotopic (exact) mass is 427 g/mol. The van der Waals surface area contributed by atoms with Crippen LogP contribution in [0.5, 0.6) is 0 Å². The van der Waals surface area contributed by atoms with Crippen molar-refractivity contribution in [3.63, 3.8) is 0 Å². The lowest BCUT2D eigenvalue weighted by molar-refractivity contribution is 0.641. The molecule has 0 amide bonds. The fourth-order valence-electron chi connectivity index (χ4n) is 4.34. The number of aryl methyl sites for hydroxylation is 1. The van der Waals surface area contributed by atoms with Gasteiger partial charge >= 0.3 is 0 Å². The number of anilines is 1. The summed E-state index contributed by atoms with van der Waals surface area (Å²) in [5.74, 6) is 1.43. The summed E-state index contributed by atoms with van der Waals surface area (Å²) in [7, 11) is 0. The van der Waals surface area contributed by atoms with Crippen molar-refractivity contribution in [2.24, 2.45) is 0 Å². The van der Waals surface area contributed by atoms with E-state index in [9.17, 15) is 5.26 Å². The number of alkyl halides is 1. The highest BCUT2D eigenvalue weighted by molar-refractivity contribution is 6.20. The van der Waals surface area contributed by atoms with E-state index in [0.717, 1.165) is 52.9 Å². The van der Waals surface area contributed by atoms with E-state index in [4.69, 9.17) is 21.6 Å². The van der Waals surface area contributed by atoms with Gasteiger partial charge in [-0.25, -0.2) is 4.98 Å². The Labute approximate surface area is 186 Å². The van der Waals surface area contributed by atoms with Crippen molar-refractivity contribution in [2.75, 3.05) is 5.32 Å². The van der Waals surface area contributed by atoms with E-state index >= 15 is 0 Å². The Bertz CT molecular complexity index is 1300. The van der Waals surface area contributed by atoms with Crippen molar-refractivity contribution < 1.29 is 0 Å². The summed E-state index contributed by atoms with van der Waals surface area (Å²) < 4.78 is 2.02. The molecule has 6 heteroatoms. The van der Waals surface area contributed by atoms with Crippen LogP contribution in [0.3, 0.4) is 0 Å². The molecule has 1 atom stereocenters. The molecule has 31 heavy (non-hydrogen) atoms. The highest BCUT2D eigenvalue weighted by Crippen LogP contribution is 2.37. The molecule has 1 aliphatic carbocycles. The second-order valence-corrected chi connectivity index (χ2v) is 8.43. The third-order valence-corrected chi connectivity index (χ3v) is 6.29. The number of halogens is 1. The fraction of sp³-hybridized carbons (Fsp3) is 0.240. The van der Waals surface area contributed by atoms with Crippen molar-refractivity contribution >= 4 is 28.3 Å². The first kappa shape index (κ1) is 19.6. The molecule has 0 saturated heterocycles. The Kier molecular flexibility index (Phi) is 5.09. The molecule has 5 nitrogen and oxygen atoms in total. The molecular formula is C25H22ClN5. The fourth-order valence-corrected chi connectivity index (χ4v) is 4.68. The van der Waals surface area contributed by atoms with Crippen molar-refractivity contribution in [3.8, 4) is 12.0 Å². The van der Waals surface area contributed by atoms with E-state index < -0.39 is 0 Å². The zero-order chi connectivity index (χ0) is 21.4. The minimum atomic E-state index is -0.125. The molecule has 2 aromatic heterocycles. The smallest absolute Gasteiger partial charge is 0.236 e. The van der Waals surface area contributed by atoms with Crippen molar-refractivity contribution in [1.29, 1.82) is 5.26 Å². The summed E-state index contributed by atoms with van der Waals surface area (Å²) in [5, 5.41) is 13.8. The van der Waals surface area contributed by atoms with Crippen LogP contribution in [-0.2, 0) is 13.0 Å². The Morgan fingerprint density at radius 1 is 1.16 bits per heavy atom. The topological polar surface area (TPSA) is 66.5 Å². The van der Waals surface area contributed by atoms with Crippen LogP contribution in [0.2, 0.25) is 0 Å². The number of hydrogen-bond acceptors (Lipinski definition) is 4. The van der Waals surface area contributed by atoms with Crippen LogP contribution in [0.4, 0.5) is 5.82 Å². The highest BCUT2D eigenvalue weighted by Gasteiger charge is 2.25. The number of nitrogens with zero attached hydrogens (tertiary/aromatic N) is 4. The normalized spacial score (nSPS) is 15.5. The summed E-state index contributed by atoms with van der Waals surface area (Å²) in [6.45, 7) is 2.69. The van der Waals surface area contributed by atoms with Gasteiger partial charge in [-0.3, -0.25) is 4.57 Å². The first-order valence-corrected chi connectivity index (χ1v) is 10.9. The maximum Gasteiger partial charge on any atom is 0.236 e. The van der Waals surface area contributed by atoms with Gasteiger partial charge in [-0.2, -0.15) is 10.2 Å². The molecule has 1 unspecified atom stereocenters. The van der Waals surface area contributed by atoms with Crippen molar-refractivity contribution in [3.05, 3.63) is 82.7 Å². The van der Waals surface area contributed by atoms with Crippen LogP contribution in [-0.4, -0.2) is 14.5 Å². The molecule has 0 spiro atoms. The summed E-state index contributed by atoms with van der Waals surface area (Å²) in [6.07, 6.45) is 2.86. The van der Waals surface area contributed by atoms with E-state index in [1.165, 1.54) is 5.56 Å². The summed E-state index contributed by atoms with van der Waals surface area (Å²) in [6, 6.07) is 20.3. The molecule has 154 valence electrons. The SMILES string of the molecule is Cc1cc2c(C#N)cccc2n1-c1nc(NCc2ccccc2)c2c(n1)C(Cl)CCC2. The first-order valence-electron chi connectivity index (χ1n) is 10.5. The number of hydrogen-bond donors (Lipinski definition) is 1. The molecule has 0 fully saturated rings. The number of nitrogens with one attached hydrogen (secondary N) is 1. The predicted molar refractivity (Wildman–Crippen MR) is 124 cm³/mol. The average Bonchev–Trinajstić information content (AvgIpc) is 3.14. The second-order valence-electron chi connectivity index (χ2n) is 7.91. The van der Waals surface area contributed by atoms with Crippen LogP contribution < -0.4 is 5.32 Å². The molecule has 0 bridgehead atoms. The van der Waals surface area contributed by atoms with E-state index in [2.05, 4.69) is 23.5 Å². The van der Waals surface area contributed by atoms with Gasteiger partial charge in [0.1, 0.15) is 5.82 Å². The Balaban J connectivity index is 1.65. The molecule has 0 saturated carbocycles. The quantitative estimate of drug-likeness (QED) is 0.416. The van der Waals surface area contributed by atoms with Gasteiger partial charge in [0.15, 0.2) is 0 Å². The van der Waals surface area contributed by atoms with Gasteiger partial charge in [0.25, 0.3) is 0 Å². The number of aromatic nitrogens is 3. The Hall–Kier alpha value is -3.36. The lowest BCUT2D eigenvalue weighted by Gasteiger charge is -2.23. The molecule has 1 aliphatic rings. The molecule has 4 aromatic rings. The summed E-state index contributed by atoms with van der Waals surface area (Å²) in [5.41, 5.74) is 5.76. The number of rotatable bonds is 4. The van der Waals surface area contributed by atoms with E-state index in [0.29, 0.717) is 18.1 Å². The zero-order valence-electron chi connectivity index (χ0n) is 17.3. The third-order valence-electron chi connectivity index (χ3n) is 5.86. The van der Waals surface area contributed by atoms with Gasteiger partial charge in [0.05, 0.1) is 28.2 Å². The minimum absolute atomic E-state index is 0.125. The number of fused-ring (bicyclic) bond motifs is 2. The van der Waals surface area contributed by atoms with Crippen LogP contribution >= 0.6 is 11.6 Å². The molecule has 2 heterocycles. The molecule has 5 rings (SSSR count). The lowest BCUT2D eigenvalue weighted by atomic mass is 9.96. The van der Waals surface area contributed by atoms with Gasteiger partial charge in [-0.1, -0.05) is 36.4 Å². The van der Waals surface area contributed by atoms with Gasteiger partial charge in [0.2, 0.25) is 5.95 Å². The van der Waals surface area contributed by atoms with E-state index in [-0.39, 0.29) is 5.38 Å². The van der Waals surface area contributed by atoms with E-state index in [1.807, 2.05) is 54.0 Å². The van der Waals surface area contributed by atoms with Gasteiger partial charge in [-0.15, -0.1) is 11.6 Å². The number of nitriles is 1. The standard InChI is InChI=1S/C25H22ClN5/c1-16-13-20-18(14-27)9-5-12-22(20)31(16)25-29-23-19(10-6-11-21(23)26)24(30-25)28-15-17-7-3-2-4-8-17/h2-5,7-9,12-13,21H,6,10-11,15H2,1H3,(H,28,29,30). The molecule has 0 aliphatic heterocycles. The lowest BCUT2D eigenvalue weighted by Crippen LogP contribution is -2.17. The molecule has 1 N–H and O–H groups in total. The maximum atomic E-state index is 9.50. The minimum Gasteiger partial charge on any atom is -0.366 e. The highest BCUT2D eigenvalue weighted by atomic mass is 35.5. The molecular weight excluding hydrogens is 406 g/mol. The van der Waals surface area contributed by atoms with Crippen LogP contribution in [0.1, 0.15) is 46.3 Å². The van der Waals surface area contributed by atoms with E-state index in [1.54, 1.807) is 0 Å². The van der Waals surface area contributed by atoms with Gasteiger partial charge in [-0.05, 0) is 49.9 Å². The zero-order valence-corrected chi connectivity index (χ0v) is 18.0. The largest absolute Gasteiger partial charge is 0.366 e. The van der Waals surface area contributed by atoms with Crippen molar-refractivity contribution in [2.45, 2.75) is 38.1 Å². The average molecular weight is 428 g/mol. The Morgan fingerprint density at radius 2 is 2.00 bits per heavy atom. The maximum absolute atomic E-state index is 9.50. The second kappa shape index (κ2) is 8.05. The summed E-state index contributed by atoms with van der Waals surface area (Å²) in [4.78, 5) is 9.86. The third kappa shape index (κ3) is 3.54. The first-order chi connectivity index (χ1) is 15.2. The predicted octanol–water partition coefficient (Wildman–Crippen LogP) is 5.83. The van der Waals surface area contributed by atoms with Crippen LogP contribution in [0.25, 0.3) is 16.9 Å². The molecule has 2 aromatic carbocycles. The Morgan fingerprint density at radius 3 is 2.81 bits per heavy atom. The number of benzene rings is 2.